The molecule has 176 valence electrons. The molecule has 33 heavy (non-hydrogen) atoms. The SMILES string of the molecule is COCCc1nc2c(N)nc3c(c2n1CCOCCNC(=O)Nc1ccccc1)CCCC3. The third-order valence-electron chi connectivity index (χ3n) is 5.82. The highest BCUT2D eigenvalue weighted by Gasteiger charge is 2.22. The Kier molecular flexibility index (Phi) is 7.74. The summed E-state index contributed by atoms with van der Waals surface area (Å²) in [5.41, 5.74) is 11.3. The highest BCUT2D eigenvalue weighted by molar-refractivity contribution is 5.89. The van der Waals surface area contributed by atoms with Crippen LogP contribution in [0, 0.1) is 0 Å². The molecule has 0 unspecified atom stereocenters. The lowest BCUT2D eigenvalue weighted by atomic mass is 9.95. The molecular weight excluding hydrogens is 420 g/mol. The van der Waals surface area contributed by atoms with Crippen LogP contribution in [-0.2, 0) is 35.3 Å². The number of rotatable bonds is 10. The number of carbonyl (C=O) groups is 1. The molecular formula is C24H32N6O3. The van der Waals surface area contributed by atoms with Gasteiger partial charge in [-0.2, -0.15) is 0 Å². The molecule has 3 aromatic rings. The zero-order valence-corrected chi connectivity index (χ0v) is 19.1. The molecule has 0 aliphatic heterocycles. The first-order valence-electron chi connectivity index (χ1n) is 11.5. The minimum atomic E-state index is -0.248. The Balaban J connectivity index is 1.36. The molecule has 4 rings (SSSR count). The molecule has 0 saturated carbocycles. The van der Waals surface area contributed by atoms with Gasteiger partial charge in [-0.15, -0.1) is 0 Å². The van der Waals surface area contributed by atoms with Crippen LogP contribution in [0.25, 0.3) is 11.0 Å². The number of amides is 2. The Labute approximate surface area is 193 Å². The second kappa shape index (κ2) is 11.1. The van der Waals surface area contributed by atoms with Gasteiger partial charge in [-0.05, 0) is 43.4 Å². The van der Waals surface area contributed by atoms with Gasteiger partial charge in [0, 0.05) is 38.0 Å². The van der Waals surface area contributed by atoms with Crippen LogP contribution in [0.1, 0.15) is 29.9 Å². The van der Waals surface area contributed by atoms with Crippen molar-refractivity contribution < 1.29 is 14.3 Å². The molecule has 0 atom stereocenters. The largest absolute Gasteiger partial charge is 0.384 e. The Morgan fingerprint density at radius 3 is 2.76 bits per heavy atom. The second-order valence-electron chi connectivity index (χ2n) is 8.11. The Hall–Kier alpha value is -3.17. The van der Waals surface area contributed by atoms with Gasteiger partial charge in [0.1, 0.15) is 11.3 Å². The molecule has 0 spiro atoms. The topological polar surface area (TPSA) is 116 Å². The summed E-state index contributed by atoms with van der Waals surface area (Å²) < 4.78 is 13.3. The summed E-state index contributed by atoms with van der Waals surface area (Å²) in [6.07, 6.45) is 4.95. The summed E-state index contributed by atoms with van der Waals surface area (Å²) in [6, 6.07) is 9.09. The summed E-state index contributed by atoms with van der Waals surface area (Å²) >= 11 is 0. The summed E-state index contributed by atoms with van der Waals surface area (Å²) in [6.45, 7) is 2.59. The third-order valence-corrected chi connectivity index (χ3v) is 5.82. The standard InChI is InChI=1S/C24H32N6O3/c1-32-14-11-20-29-21-22(18-9-5-6-10-19(18)28-23(21)25)30(20)13-16-33-15-12-26-24(31)27-17-7-3-2-4-8-17/h2-4,7-8H,5-6,9-16H2,1H3,(H2,25,28)(H2,26,27,31). The van der Waals surface area contributed by atoms with E-state index in [4.69, 9.17) is 20.2 Å². The van der Waals surface area contributed by atoms with Crippen LogP contribution in [0.2, 0.25) is 0 Å². The number of anilines is 2. The number of imidazole rings is 1. The van der Waals surface area contributed by atoms with Gasteiger partial charge < -0.3 is 30.4 Å². The predicted octanol–water partition coefficient (Wildman–Crippen LogP) is 2.92. The number of ether oxygens (including phenoxy) is 2. The van der Waals surface area contributed by atoms with Gasteiger partial charge in [0.05, 0.1) is 25.3 Å². The van der Waals surface area contributed by atoms with Gasteiger partial charge in [0.15, 0.2) is 5.82 Å². The number of urea groups is 1. The lowest BCUT2D eigenvalue weighted by Crippen LogP contribution is -2.31. The first kappa shape index (κ1) is 23.0. The fraction of sp³-hybridized carbons (Fsp3) is 0.458. The van der Waals surface area contributed by atoms with E-state index in [1.54, 1.807) is 7.11 Å². The van der Waals surface area contributed by atoms with Crippen molar-refractivity contribution in [1.29, 1.82) is 0 Å². The van der Waals surface area contributed by atoms with Crippen LogP contribution in [0.3, 0.4) is 0 Å². The van der Waals surface area contributed by atoms with E-state index in [0.29, 0.717) is 45.1 Å². The summed E-state index contributed by atoms with van der Waals surface area (Å²) in [7, 11) is 1.69. The van der Waals surface area contributed by atoms with Crippen molar-refractivity contribution in [2.24, 2.45) is 0 Å². The molecule has 0 fully saturated rings. The molecule has 1 aromatic carbocycles. The van der Waals surface area contributed by atoms with Gasteiger partial charge in [-0.1, -0.05) is 18.2 Å². The van der Waals surface area contributed by atoms with Crippen molar-refractivity contribution in [1.82, 2.24) is 19.9 Å². The van der Waals surface area contributed by atoms with Crippen molar-refractivity contribution in [2.45, 2.75) is 38.6 Å². The zero-order chi connectivity index (χ0) is 23.0. The molecule has 9 nitrogen and oxygen atoms in total. The fourth-order valence-electron chi connectivity index (χ4n) is 4.27. The maximum Gasteiger partial charge on any atom is 0.319 e. The first-order chi connectivity index (χ1) is 16.2. The van der Waals surface area contributed by atoms with E-state index in [-0.39, 0.29) is 6.03 Å². The monoisotopic (exact) mass is 452 g/mol. The number of aryl methyl sites for hydroxylation is 2. The molecule has 2 heterocycles. The smallest absolute Gasteiger partial charge is 0.319 e. The normalized spacial score (nSPS) is 13.1. The summed E-state index contributed by atoms with van der Waals surface area (Å²) in [5.74, 6) is 1.43. The number of nitrogens with two attached hydrogens (primary N) is 1. The molecule has 9 heteroatoms. The van der Waals surface area contributed by atoms with Gasteiger partial charge >= 0.3 is 6.03 Å². The van der Waals surface area contributed by atoms with E-state index >= 15 is 0 Å². The Morgan fingerprint density at radius 2 is 1.94 bits per heavy atom. The zero-order valence-electron chi connectivity index (χ0n) is 19.1. The van der Waals surface area contributed by atoms with E-state index in [9.17, 15) is 4.79 Å². The van der Waals surface area contributed by atoms with E-state index in [1.807, 2.05) is 30.3 Å². The number of aromatic nitrogens is 3. The third kappa shape index (κ3) is 5.61. The molecule has 1 aliphatic rings. The number of carbonyl (C=O) groups excluding carboxylic acids is 1. The molecule has 4 N–H and O–H groups in total. The van der Waals surface area contributed by atoms with Gasteiger partial charge in [0.25, 0.3) is 0 Å². The maximum atomic E-state index is 12.0. The van der Waals surface area contributed by atoms with Gasteiger partial charge in [-0.25, -0.2) is 14.8 Å². The van der Waals surface area contributed by atoms with Crippen LogP contribution in [0.5, 0.6) is 0 Å². The van der Waals surface area contributed by atoms with E-state index < -0.39 is 0 Å². The average Bonchev–Trinajstić information content (AvgIpc) is 3.20. The number of pyridine rings is 1. The minimum absolute atomic E-state index is 0.248. The first-order valence-corrected chi connectivity index (χ1v) is 11.5. The van der Waals surface area contributed by atoms with Crippen LogP contribution in [0.15, 0.2) is 30.3 Å². The predicted molar refractivity (Wildman–Crippen MR) is 128 cm³/mol. The molecule has 0 bridgehead atoms. The van der Waals surface area contributed by atoms with Crippen molar-refractivity contribution in [3.8, 4) is 0 Å². The Bertz CT molecular complexity index is 1080. The van der Waals surface area contributed by atoms with Crippen molar-refractivity contribution >= 4 is 28.6 Å². The highest BCUT2D eigenvalue weighted by atomic mass is 16.5. The van der Waals surface area contributed by atoms with E-state index in [0.717, 1.165) is 53.9 Å². The lowest BCUT2D eigenvalue weighted by Gasteiger charge is -2.18. The number of benzene rings is 1. The number of nitrogens with zero attached hydrogens (tertiary/aromatic N) is 3. The average molecular weight is 453 g/mol. The van der Waals surface area contributed by atoms with Crippen LogP contribution >= 0.6 is 0 Å². The summed E-state index contributed by atoms with van der Waals surface area (Å²) in [5, 5.41) is 5.60. The van der Waals surface area contributed by atoms with Crippen molar-refractivity contribution in [3.05, 3.63) is 47.4 Å². The molecule has 1 aliphatic carbocycles. The van der Waals surface area contributed by atoms with Crippen molar-refractivity contribution in [3.63, 3.8) is 0 Å². The number of para-hydroxylation sites is 1. The second-order valence-corrected chi connectivity index (χ2v) is 8.11. The fourth-order valence-corrected chi connectivity index (χ4v) is 4.27. The van der Waals surface area contributed by atoms with Crippen LogP contribution < -0.4 is 16.4 Å². The Morgan fingerprint density at radius 1 is 1.12 bits per heavy atom. The minimum Gasteiger partial charge on any atom is -0.384 e. The van der Waals surface area contributed by atoms with Crippen molar-refractivity contribution in [2.75, 3.05) is 44.5 Å². The summed E-state index contributed by atoms with van der Waals surface area (Å²) in [4.78, 5) is 21.4. The number of fused-ring (bicyclic) bond motifs is 3. The molecule has 0 radical (unpaired) electrons. The number of nitrogens with one attached hydrogen (secondary N) is 2. The molecule has 2 amide bonds. The molecule has 2 aromatic heterocycles. The maximum absolute atomic E-state index is 12.0. The number of nitrogen functional groups attached to an aromatic ring is 1. The molecule has 0 saturated heterocycles. The van der Waals surface area contributed by atoms with Gasteiger partial charge in [-0.3, -0.25) is 0 Å². The quantitative estimate of drug-likeness (QED) is 0.407. The van der Waals surface area contributed by atoms with E-state index in [1.165, 1.54) is 5.56 Å². The van der Waals surface area contributed by atoms with Gasteiger partial charge in [0.2, 0.25) is 0 Å². The van der Waals surface area contributed by atoms with Crippen LogP contribution in [0.4, 0.5) is 16.3 Å². The highest BCUT2D eigenvalue weighted by Crippen LogP contribution is 2.31. The number of hydrogen-bond acceptors (Lipinski definition) is 6. The lowest BCUT2D eigenvalue weighted by molar-refractivity contribution is 0.128. The van der Waals surface area contributed by atoms with E-state index in [2.05, 4.69) is 20.2 Å². The number of hydrogen-bond donors (Lipinski definition) is 3. The van der Waals surface area contributed by atoms with Crippen LogP contribution in [-0.4, -0.2) is 54.0 Å². The number of methoxy groups -OCH3 is 1.